The summed E-state index contributed by atoms with van der Waals surface area (Å²) in [6.07, 6.45) is 0. The van der Waals surface area contributed by atoms with Crippen LogP contribution in [0.1, 0.15) is 25.0 Å². The van der Waals surface area contributed by atoms with Gasteiger partial charge in [0.1, 0.15) is 0 Å². The zero-order valence-electron chi connectivity index (χ0n) is 25.3. The summed E-state index contributed by atoms with van der Waals surface area (Å²) in [5.41, 5.74) is 11.5. The first-order valence-corrected chi connectivity index (χ1v) is 16.4. The van der Waals surface area contributed by atoms with Crippen molar-refractivity contribution in [2.75, 3.05) is 4.90 Å². The zero-order valence-corrected chi connectivity index (χ0v) is 26.1. The van der Waals surface area contributed by atoms with Crippen LogP contribution in [-0.4, -0.2) is 0 Å². The molecule has 0 atom stereocenters. The molecule has 1 aliphatic carbocycles. The SMILES string of the molecule is CC1(C)c2ccccc2-c2cc(-c3ccc(N(c4ccc5ccccc5c4)c4ccc5c(c4)sc4ccccc45)cc3)ccc21. The molecule has 0 aliphatic heterocycles. The van der Waals surface area contributed by atoms with E-state index >= 15 is 0 Å². The molecule has 0 amide bonds. The van der Waals surface area contributed by atoms with Gasteiger partial charge in [-0.2, -0.15) is 0 Å². The average molecular weight is 594 g/mol. The van der Waals surface area contributed by atoms with E-state index in [1.807, 2.05) is 11.3 Å². The fourth-order valence-electron chi connectivity index (χ4n) is 7.32. The molecule has 0 radical (unpaired) electrons. The van der Waals surface area contributed by atoms with Crippen LogP contribution in [0, 0.1) is 0 Å². The summed E-state index contributed by atoms with van der Waals surface area (Å²) in [7, 11) is 0. The van der Waals surface area contributed by atoms with E-state index in [1.165, 1.54) is 64.3 Å². The number of hydrogen-bond donors (Lipinski definition) is 0. The first kappa shape index (κ1) is 26.2. The molecule has 0 bridgehead atoms. The second kappa shape index (κ2) is 9.92. The van der Waals surface area contributed by atoms with Gasteiger partial charge in [0.2, 0.25) is 0 Å². The number of hydrogen-bond acceptors (Lipinski definition) is 2. The van der Waals surface area contributed by atoms with Crippen LogP contribution in [-0.2, 0) is 5.41 Å². The number of rotatable bonds is 4. The highest BCUT2D eigenvalue weighted by molar-refractivity contribution is 7.25. The van der Waals surface area contributed by atoms with E-state index in [0.29, 0.717) is 0 Å². The van der Waals surface area contributed by atoms with Crippen molar-refractivity contribution >= 4 is 59.3 Å². The van der Waals surface area contributed by atoms with Crippen LogP contribution in [0.15, 0.2) is 152 Å². The summed E-state index contributed by atoms with van der Waals surface area (Å²) in [5, 5.41) is 5.12. The molecule has 214 valence electrons. The Bertz CT molecular complexity index is 2410. The van der Waals surface area contributed by atoms with Gasteiger partial charge in [0.05, 0.1) is 0 Å². The van der Waals surface area contributed by atoms with E-state index in [-0.39, 0.29) is 5.41 Å². The van der Waals surface area contributed by atoms with Crippen LogP contribution in [0.5, 0.6) is 0 Å². The molecule has 0 unspecified atom stereocenters. The quantitative estimate of drug-likeness (QED) is 0.196. The first-order valence-electron chi connectivity index (χ1n) is 15.6. The molecule has 1 aliphatic rings. The molecule has 1 heterocycles. The smallest absolute Gasteiger partial charge is 0.0476 e. The van der Waals surface area contributed by atoms with Gasteiger partial charge in [0.15, 0.2) is 0 Å². The van der Waals surface area contributed by atoms with Gasteiger partial charge in [-0.15, -0.1) is 11.3 Å². The molecule has 7 aromatic carbocycles. The Kier molecular flexibility index (Phi) is 5.78. The maximum absolute atomic E-state index is 2.39. The standard InChI is InChI=1S/C43H31NS/c1-43(2)39-13-7-5-11-35(39)38-26-31(18-24-40(38)43)29-15-19-32(20-16-29)44(33-21-17-28-9-3-4-10-30(28)25-33)34-22-23-37-36-12-6-8-14-41(36)45-42(37)27-34/h3-27H,1-2H3. The molecular formula is C43H31NS. The molecule has 1 nitrogen and oxygen atoms in total. The summed E-state index contributed by atoms with van der Waals surface area (Å²) in [5.74, 6) is 0. The molecule has 8 aromatic rings. The molecule has 0 N–H and O–H groups in total. The molecule has 1 aromatic heterocycles. The van der Waals surface area contributed by atoms with Gasteiger partial charge in [0.25, 0.3) is 0 Å². The summed E-state index contributed by atoms with van der Waals surface area (Å²) >= 11 is 1.86. The summed E-state index contributed by atoms with van der Waals surface area (Å²) in [6, 6.07) is 55.9. The monoisotopic (exact) mass is 593 g/mol. The van der Waals surface area contributed by atoms with Crippen LogP contribution >= 0.6 is 11.3 Å². The van der Waals surface area contributed by atoms with Crippen LogP contribution in [0.2, 0.25) is 0 Å². The van der Waals surface area contributed by atoms with Gasteiger partial charge in [-0.05, 0) is 92.7 Å². The lowest BCUT2D eigenvalue weighted by Crippen LogP contribution is -2.14. The summed E-state index contributed by atoms with van der Waals surface area (Å²) < 4.78 is 2.63. The van der Waals surface area contributed by atoms with Crippen molar-refractivity contribution in [3.05, 3.63) is 163 Å². The van der Waals surface area contributed by atoms with Gasteiger partial charge < -0.3 is 4.90 Å². The number of fused-ring (bicyclic) bond motifs is 7. The maximum Gasteiger partial charge on any atom is 0.0476 e. The van der Waals surface area contributed by atoms with Crippen molar-refractivity contribution in [3.8, 4) is 22.3 Å². The van der Waals surface area contributed by atoms with Crippen molar-refractivity contribution in [3.63, 3.8) is 0 Å². The lowest BCUT2D eigenvalue weighted by Gasteiger charge is -2.26. The normalized spacial score (nSPS) is 13.3. The summed E-state index contributed by atoms with van der Waals surface area (Å²) in [4.78, 5) is 2.39. The third-order valence-electron chi connectivity index (χ3n) is 9.65. The average Bonchev–Trinajstić information content (AvgIpc) is 3.57. The Morgan fingerprint density at radius 2 is 1.09 bits per heavy atom. The Morgan fingerprint density at radius 1 is 0.444 bits per heavy atom. The highest BCUT2D eigenvalue weighted by Gasteiger charge is 2.35. The van der Waals surface area contributed by atoms with E-state index in [9.17, 15) is 0 Å². The van der Waals surface area contributed by atoms with Gasteiger partial charge >= 0.3 is 0 Å². The van der Waals surface area contributed by atoms with Crippen LogP contribution in [0.4, 0.5) is 17.1 Å². The Hall–Kier alpha value is -5.18. The highest BCUT2D eigenvalue weighted by atomic mass is 32.1. The highest BCUT2D eigenvalue weighted by Crippen LogP contribution is 2.49. The maximum atomic E-state index is 2.39. The van der Waals surface area contributed by atoms with E-state index in [4.69, 9.17) is 0 Å². The van der Waals surface area contributed by atoms with Crippen molar-refractivity contribution < 1.29 is 0 Å². The van der Waals surface area contributed by atoms with Gasteiger partial charge in [-0.3, -0.25) is 0 Å². The third kappa shape index (κ3) is 4.13. The lowest BCUT2D eigenvalue weighted by molar-refractivity contribution is 0.660. The fraction of sp³-hybridized carbons (Fsp3) is 0.0698. The molecule has 0 saturated heterocycles. The van der Waals surface area contributed by atoms with E-state index in [0.717, 1.165) is 17.1 Å². The zero-order chi connectivity index (χ0) is 30.1. The van der Waals surface area contributed by atoms with Gasteiger partial charge in [0, 0.05) is 42.6 Å². The summed E-state index contributed by atoms with van der Waals surface area (Å²) in [6.45, 7) is 4.67. The lowest BCUT2D eigenvalue weighted by atomic mass is 9.82. The van der Waals surface area contributed by atoms with E-state index in [2.05, 4.69) is 170 Å². The van der Waals surface area contributed by atoms with E-state index < -0.39 is 0 Å². The minimum Gasteiger partial charge on any atom is -0.310 e. The minimum atomic E-state index is 0.0180. The number of anilines is 3. The van der Waals surface area contributed by atoms with Crippen LogP contribution in [0.25, 0.3) is 53.2 Å². The fourth-order valence-corrected chi connectivity index (χ4v) is 8.46. The molecule has 0 saturated carbocycles. The third-order valence-corrected chi connectivity index (χ3v) is 10.8. The Labute approximate surface area is 267 Å². The molecule has 9 rings (SSSR count). The van der Waals surface area contributed by atoms with E-state index in [1.54, 1.807) is 0 Å². The van der Waals surface area contributed by atoms with Crippen LogP contribution < -0.4 is 4.90 Å². The predicted molar refractivity (Wildman–Crippen MR) is 195 cm³/mol. The van der Waals surface area contributed by atoms with Gasteiger partial charge in [-0.25, -0.2) is 0 Å². The molecule has 0 fully saturated rings. The number of benzene rings is 7. The van der Waals surface area contributed by atoms with Crippen LogP contribution in [0.3, 0.4) is 0 Å². The predicted octanol–water partition coefficient (Wildman–Crippen LogP) is 12.7. The molecule has 45 heavy (non-hydrogen) atoms. The second-order valence-electron chi connectivity index (χ2n) is 12.6. The van der Waals surface area contributed by atoms with Crippen molar-refractivity contribution in [2.45, 2.75) is 19.3 Å². The van der Waals surface area contributed by atoms with Crippen molar-refractivity contribution in [2.24, 2.45) is 0 Å². The van der Waals surface area contributed by atoms with Crippen molar-refractivity contribution in [1.82, 2.24) is 0 Å². The largest absolute Gasteiger partial charge is 0.310 e. The van der Waals surface area contributed by atoms with Crippen molar-refractivity contribution in [1.29, 1.82) is 0 Å². The Balaban J connectivity index is 1.16. The second-order valence-corrected chi connectivity index (χ2v) is 13.7. The minimum absolute atomic E-state index is 0.0180. The molecule has 2 heteroatoms. The number of thiophene rings is 1. The topological polar surface area (TPSA) is 3.24 Å². The first-order chi connectivity index (χ1) is 22.0. The number of nitrogens with zero attached hydrogens (tertiary/aromatic N) is 1. The molecule has 0 spiro atoms. The Morgan fingerprint density at radius 3 is 1.98 bits per heavy atom. The molecular weight excluding hydrogens is 563 g/mol. The van der Waals surface area contributed by atoms with Gasteiger partial charge in [-0.1, -0.05) is 117 Å².